The van der Waals surface area contributed by atoms with Crippen molar-refractivity contribution in [1.29, 1.82) is 0 Å². The molecule has 0 radical (unpaired) electrons. The first kappa shape index (κ1) is 13.4. The lowest BCUT2D eigenvalue weighted by Gasteiger charge is -2.00. The quantitative estimate of drug-likeness (QED) is 0.795. The molecular formula is C17H16N2O2. The third-order valence-electron chi connectivity index (χ3n) is 3.30. The molecule has 0 atom stereocenters. The highest BCUT2D eigenvalue weighted by molar-refractivity contribution is 5.62. The molecule has 0 aliphatic heterocycles. The minimum Gasteiger partial charge on any atom is -0.507 e. The van der Waals surface area contributed by atoms with Crippen LogP contribution in [-0.2, 0) is 6.42 Å². The summed E-state index contributed by atoms with van der Waals surface area (Å²) >= 11 is 0. The molecule has 3 aromatic rings. The van der Waals surface area contributed by atoms with Gasteiger partial charge in [0.2, 0.25) is 0 Å². The van der Waals surface area contributed by atoms with Crippen LogP contribution in [0.1, 0.15) is 22.5 Å². The predicted octanol–water partition coefficient (Wildman–Crippen LogP) is 3.65. The fraction of sp³-hybridized carbons (Fsp3) is 0.176. The molecule has 0 unspecified atom stereocenters. The molecule has 4 nitrogen and oxygen atoms in total. The van der Waals surface area contributed by atoms with E-state index in [4.69, 9.17) is 4.52 Å². The van der Waals surface area contributed by atoms with Gasteiger partial charge >= 0.3 is 0 Å². The van der Waals surface area contributed by atoms with E-state index in [9.17, 15) is 5.11 Å². The predicted molar refractivity (Wildman–Crippen MR) is 80.1 cm³/mol. The van der Waals surface area contributed by atoms with E-state index in [0.29, 0.717) is 23.7 Å². The maximum absolute atomic E-state index is 9.95. The van der Waals surface area contributed by atoms with Crippen LogP contribution < -0.4 is 0 Å². The second kappa shape index (κ2) is 5.40. The third-order valence-corrected chi connectivity index (χ3v) is 3.30. The fourth-order valence-electron chi connectivity index (χ4n) is 2.26. The van der Waals surface area contributed by atoms with Gasteiger partial charge in [-0.3, -0.25) is 0 Å². The minimum absolute atomic E-state index is 0.153. The molecule has 4 heteroatoms. The van der Waals surface area contributed by atoms with Crippen LogP contribution in [0.15, 0.2) is 47.0 Å². The molecular weight excluding hydrogens is 264 g/mol. The van der Waals surface area contributed by atoms with Gasteiger partial charge in [-0.1, -0.05) is 41.1 Å². The Balaban J connectivity index is 1.86. The van der Waals surface area contributed by atoms with Crippen molar-refractivity contribution in [3.8, 4) is 17.2 Å². The van der Waals surface area contributed by atoms with Crippen molar-refractivity contribution in [2.24, 2.45) is 0 Å². The average molecular weight is 280 g/mol. The number of benzene rings is 2. The number of aromatic nitrogens is 2. The Labute approximate surface area is 123 Å². The maximum Gasteiger partial charge on any atom is 0.261 e. The molecule has 0 fully saturated rings. The first-order valence-electron chi connectivity index (χ1n) is 6.80. The zero-order valence-electron chi connectivity index (χ0n) is 12.0. The van der Waals surface area contributed by atoms with Crippen molar-refractivity contribution >= 4 is 0 Å². The van der Waals surface area contributed by atoms with Gasteiger partial charge in [0.25, 0.3) is 5.89 Å². The van der Waals surface area contributed by atoms with Crippen molar-refractivity contribution in [1.82, 2.24) is 10.1 Å². The summed E-state index contributed by atoms with van der Waals surface area (Å²) < 4.78 is 5.25. The number of rotatable bonds is 3. The molecule has 106 valence electrons. The maximum atomic E-state index is 9.95. The Bertz CT molecular complexity index is 778. The lowest BCUT2D eigenvalue weighted by atomic mass is 10.1. The van der Waals surface area contributed by atoms with Gasteiger partial charge in [-0.05, 0) is 37.1 Å². The molecule has 0 aliphatic rings. The largest absolute Gasteiger partial charge is 0.507 e. The smallest absolute Gasteiger partial charge is 0.261 e. The number of hydrogen-bond acceptors (Lipinski definition) is 4. The topological polar surface area (TPSA) is 59.2 Å². The minimum atomic E-state index is 0.153. The average Bonchev–Trinajstić information content (AvgIpc) is 2.87. The summed E-state index contributed by atoms with van der Waals surface area (Å²) in [5.41, 5.74) is 3.88. The molecule has 2 aromatic carbocycles. The molecule has 1 aromatic heterocycles. The van der Waals surface area contributed by atoms with Crippen molar-refractivity contribution in [2.45, 2.75) is 20.3 Å². The third kappa shape index (κ3) is 2.94. The van der Waals surface area contributed by atoms with E-state index in [2.05, 4.69) is 29.2 Å². The molecule has 1 N–H and O–H groups in total. The summed E-state index contributed by atoms with van der Waals surface area (Å²) in [4.78, 5) is 4.36. The van der Waals surface area contributed by atoms with E-state index in [1.54, 1.807) is 12.1 Å². The molecule has 0 bridgehead atoms. The standard InChI is InChI=1S/C17H16N2O2/c1-11-4-3-5-13(8-11)10-16-18-17(21-19-16)14-7-6-12(2)9-15(14)20/h3-9,20H,10H2,1-2H3. The monoisotopic (exact) mass is 280 g/mol. The van der Waals surface area contributed by atoms with Gasteiger partial charge in [-0.15, -0.1) is 0 Å². The summed E-state index contributed by atoms with van der Waals surface area (Å²) in [6.45, 7) is 3.97. The van der Waals surface area contributed by atoms with E-state index >= 15 is 0 Å². The number of phenolic OH excluding ortho intramolecular Hbond substituents is 1. The first-order chi connectivity index (χ1) is 10.1. The van der Waals surface area contributed by atoms with Gasteiger partial charge < -0.3 is 9.63 Å². The normalized spacial score (nSPS) is 10.8. The molecule has 0 spiro atoms. The molecule has 0 saturated carbocycles. The molecule has 0 aliphatic carbocycles. The van der Waals surface area contributed by atoms with E-state index in [-0.39, 0.29) is 5.75 Å². The summed E-state index contributed by atoms with van der Waals surface area (Å²) in [5.74, 6) is 1.10. The van der Waals surface area contributed by atoms with E-state index < -0.39 is 0 Å². The number of aromatic hydroxyl groups is 1. The highest BCUT2D eigenvalue weighted by atomic mass is 16.5. The number of aryl methyl sites for hydroxylation is 2. The van der Waals surface area contributed by atoms with Crippen LogP contribution in [0.5, 0.6) is 5.75 Å². The Morgan fingerprint density at radius 1 is 1.05 bits per heavy atom. The van der Waals surface area contributed by atoms with Crippen LogP contribution in [0, 0.1) is 13.8 Å². The number of nitrogens with zero attached hydrogens (tertiary/aromatic N) is 2. The fourth-order valence-corrected chi connectivity index (χ4v) is 2.26. The lowest BCUT2D eigenvalue weighted by molar-refractivity contribution is 0.418. The van der Waals surface area contributed by atoms with Crippen LogP contribution in [0.3, 0.4) is 0 Å². The number of hydrogen-bond donors (Lipinski definition) is 1. The summed E-state index contributed by atoms with van der Waals surface area (Å²) in [5, 5.41) is 13.9. The highest BCUT2D eigenvalue weighted by Crippen LogP contribution is 2.28. The molecule has 21 heavy (non-hydrogen) atoms. The van der Waals surface area contributed by atoms with E-state index in [0.717, 1.165) is 11.1 Å². The van der Waals surface area contributed by atoms with Crippen molar-refractivity contribution in [3.63, 3.8) is 0 Å². The van der Waals surface area contributed by atoms with Crippen LogP contribution in [-0.4, -0.2) is 15.2 Å². The molecule has 3 rings (SSSR count). The molecule has 1 heterocycles. The van der Waals surface area contributed by atoms with Crippen LogP contribution in [0.4, 0.5) is 0 Å². The molecule has 0 saturated heterocycles. The Kier molecular flexibility index (Phi) is 3.44. The van der Waals surface area contributed by atoms with Gasteiger partial charge in [-0.25, -0.2) is 0 Å². The summed E-state index contributed by atoms with van der Waals surface area (Å²) in [6.07, 6.45) is 0.609. The summed E-state index contributed by atoms with van der Waals surface area (Å²) in [7, 11) is 0. The van der Waals surface area contributed by atoms with Gasteiger partial charge in [-0.2, -0.15) is 4.98 Å². The van der Waals surface area contributed by atoms with Gasteiger partial charge in [0, 0.05) is 6.42 Å². The van der Waals surface area contributed by atoms with Crippen molar-refractivity contribution in [2.75, 3.05) is 0 Å². The van der Waals surface area contributed by atoms with Crippen LogP contribution in [0.2, 0.25) is 0 Å². The van der Waals surface area contributed by atoms with Crippen LogP contribution >= 0.6 is 0 Å². The second-order valence-electron chi connectivity index (χ2n) is 5.20. The lowest BCUT2D eigenvalue weighted by Crippen LogP contribution is -1.91. The van der Waals surface area contributed by atoms with Crippen molar-refractivity contribution < 1.29 is 9.63 Å². The van der Waals surface area contributed by atoms with Crippen LogP contribution in [0.25, 0.3) is 11.5 Å². The van der Waals surface area contributed by atoms with Gasteiger partial charge in [0.15, 0.2) is 5.82 Å². The Morgan fingerprint density at radius 3 is 2.62 bits per heavy atom. The number of phenols is 1. The first-order valence-corrected chi connectivity index (χ1v) is 6.80. The molecule has 0 amide bonds. The Morgan fingerprint density at radius 2 is 1.86 bits per heavy atom. The second-order valence-corrected chi connectivity index (χ2v) is 5.20. The highest BCUT2D eigenvalue weighted by Gasteiger charge is 2.13. The van der Waals surface area contributed by atoms with E-state index in [1.807, 2.05) is 25.1 Å². The van der Waals surface area contributed by atoms with Crippen molar-refractivity contribution in [3.05, 3.63) is 65.0 Å². The van der Waals surface area contributed by atoms with E-state index in [1.165, 1.54) is 5.56 Å². The Hall–Kier alpha value is -2.62. The zero-order chi connectivity index (χ0) is 14.8. The summed E-state index contributed by atoms with van der Waals surface area (Å²) in [6, 6.07) is 13.6. The zero-order valence-corrected chi connectivity index (χ0v) is 12.0. The van der Waals surface area contributed by atoms with Gasteiger partial charge in [0.1, 0.15) is 5.75 Å². The van der Waals surface area contributed by atoms with Gasteiger partial charge in [0.05, 0.1) is 5.56 Å². The SMILES string of the molecule is Cc1cccc(Cc2noc(-c3ccc(C)cc3O)n2)c1.